The second-order valence-corrected chi connectivity index (χ2v) is 10.8. The fourth-order valence-electron chi connectivity index (χ4n) is 5.94. The average Bonchev–Trinajstić information content (AvgIpc) is 2.87. The normalized spacial score (nSPS) is 23.1. The summed E-state index contributed by atoms with van der Waals surface area (Å²) in [7, 11) is 1.76. The lowest BCUT2D eigenvalue weighted by Crippen LogP contribution is -2.18. The van der Waals surface area contributed by atoms with Gasteiger partial charge in [0.1, 0.15) is 5.82 Å². The lowest BCUT2D eigenvalue weighted by Gasteiger charge is -2.29. The van der Waals surface area contributed by atoms with Crippen LogP contribution in [0.2, 0.25) is 5.02 Å². The van der Waals surface area contributed by atoms with E-state index in [0.717, 1.165) is 61.3 Å². The van der Waals surface area contributed by atoms with Crippen LogP contribution in [-0.4, -0.2) is 13.7 Å². The molecule has 2 aliphatic rings. The number of benzene rings is 2. The number of rotatable bonds is 9. The van der Waals surface area contributed by atoms with E-state index >= 15 is 4.39 Å². The van der Waals surface area contributed by atoms with Crippen molar-refractivity contribution in [1.82, 2.24) is 0 Å². The fourth-order valence-corrected chi connectivity index (χ4v) is 6.22. The SMILES string of the molecule is CCCCCC1CC=C(c2ccc(-c3ccc(C4CCC(COC)CC4)c(F)c3Cl)cc2)CC1. The number of ether oxygens (including phenoxy) is 1. The molecule has 0 amide bonds. The Labute approximate surface area is 210 Å². The number of methoxy groups -OCH3 is 1. The predicted octanol–water partition coefficient (Wildman–Crippen LogP) is 9.83. The summed E-state index contributed by atoms with van der Waals surface area (Å²) < 4.78 is 20.6. The smallest absolute Gasteiger partial charge is 0.145 e. The summed E-state index contributed by atoms with van der Waals surface area (Å²) >= 11 is 6.58. The molecule has 184 valence electrons. The van der Waals surface area contributed by atoms with Gasteiger partial charge < -0.3 is 4.74 Å². The van der Waals surface area contributed by atoms with Crippen molar-refractivity contribution in [3.63, 3.8) is 0 Å². The minimum atomic E-state index is -0.234. The van der Waals surface area contributed by atoms with Crippen molar-refractivity contribution in [3.05, 3.63) is 64.4 Å². The number of unbranched alkanes of at least 4 members (excludes halogenated alkanes) is 2. The molecule has 0 radical (unpaired) electrons. The lowest BCUT2D eigenvalue weighted by molar-refractivity contribution is 0.127. The molecule has 0 spiro atoms. The Kier molecular flexibility index (Phi) is 9.25. The molecule has 1 saturated carbocycles. The Morgan fingerprint density at radius 2 is 1.65 bits per heavy atom. The summed E-state index contributed by atoms with van der Waals surface area (Å²) in [6.07, 6.45) is 15.7. The van der Waals surface area contributed by atoms with Gasteiger partial charge in [-0.2, -0.15) is 0 Å². The summed E-state index contributed by atoms with van der Waals surface area (Å²) in [4.78, 5) is 0. The summed E-state index contributed by atoms with van der Waals surface area (Å²) in [5.41, 5.74) is 5.29. The maximum Gasteiger partial charge on any atom is 0.145 e. The van der Waals surface area contributed by atoms with Crippen LogP contribution >= 0.6 is 11.6 Å². The molecule has 1 atom stereocenters. The molecule has 3 heteroatoms. The van der Waals surface area contributed by atoms with Crippen molar-refractivity contribution >= 4 is 17.2 Å². The molecule has 2 aromatic carbocycles. The summed E-state index contributed by atoms with van der Waals surface area (Å²) in [5, 5.41) is 0.260. The first kappa shape index (κ1) is 25.5. The van der Waals surface area contributed by atoms with Crippen LogP contribution in [0, 0.1) is 17.7 Å². The van der Waals surface area contributed by atoms with Crippen LogP contribution in [0.1, 0.15) is 94.6 Å². The topological polar surface area (TPSA) is 9.23 Å². The van der Waals surface area contributed by atoms with Crippen LogP contribution in [0.5, 0.6) is 0 Å². The number of hydrogen-bond acceptors (Lipinski definition) is 1. The zero-order valence-corrected chi connectivity index (χ0v) is 21.7. The van der Waals surface area contributed by atoms with Crippen LogP contribution < -0.4 is 0 Å². The highest BCUT2D eigenvalue weighted by Gasteiger charge is 2.26. The van der Waals surface area contributed by atoms with Crippen molar-refractivity contribution in [2.24, 2.45) is 11.8 Å². The van der Waals surface area contributed by atoms with Gasteiger partial charge in [0.05, 0.1) is 5.02 Å². The molecule has 1 unspecified atom stereocenters. The minimum Gasteiger partial charge on any atom is -0.384 e. The van der Waals surface area contributed by atoms with E-state index in [-0.39, 0.29) is 16.8 Å². The van der Waals surface area contributed by atoms with Crippen LogP contribution in [0.3, 0.4) is 0 Å². The first-order valence-electron chi connectivity index (χ1n) is 13.4. The Morgan fingerprint density at radius 1 is 0.912 bits per heavy atom. The number of halogens is 2. The minimum absolute atomic E-state index is 0.234. The third-order valence-corrected chi connectivity index (χ3v) is 8.47. The highest BCUT2D eigenvalue weighted by molar-refractivity contribution is 6.33. The molecule has 0 bridgehead atoms. The van der Waals surface area contributed by atoms with Gasteiger partial charge in [-0.3, -0.25) is 0 Å². The molecule has 0 N–H and O–H groups in total. The molecule has 2 aliphatic carbocycles. The van der Waals surface area contributed by atoms with Gasteiger partial charge in [0.2, 0.25) is 0 Å². The largest absolute Gasteiger partial charge is 0.384 e. The van der Waals surface area contributed by atoms with E-state index in [9.17, 15) is 0 Å². The molecule has 0 aliphatic heterocycles. The highest BCUT2D eigenvalue weighted by atomic mass is 35.5. The van der Waals surface area contributed by atoms with Crippen molar-refractivity contribution in [2.45, 2.75) is 83.5 Å². The zero-order valence-electron chi connectivity index (χ0n) is 20.9. The molecule has 34 heavy (non-hydrogen) atoms. The van der Waals surface area contributed by atoms with Crippen LogP contribution in [0.25, 0.3) is 16.7 Å². The predicted molar refractivity (Wildman–Crippen MR) is 143 cm³/mol. The maximum absolute atomic E-state index is 15.3. The molecule has 0 heterocycles. The number of allylic oxidation sites excluding steroid dienone is 2. The lowest BCUT2D eigenvalue weighted by atomic mass is 9.78. The van der Waals surface area contributed by atoms with Gasteiger partial charge in [0.15, 0.2) is 0 Å². The van der Waals surface area contributed by atoms with Gasteiger partial charge in [-0.05, 0) is 85.0 Å². The van der Waals surface area contributed by atoms with Gasteiger partial charge in [0, 0.05) is 19.3 Å². The first-order valence-corrected chi connectivity index (χ1v) is 13.7. The molecule has 2 aromatic rings. The van der Waals surface area contributed by atoms with Crippen LogP contribution in [0.4, 0.5) is 4.39 Å². The molecule has 1 fully saturated rings. The van der Waals surface area contributed by atoms with Crippen molar-refractivity contribution in [3.8, 4) is 11.1 Å². The zero-order chi connectivity index (χ0) is 23.9. The van der Waals surface area contributed by atoms with E-state index in [1.165, 1.54) is 49.7 Å². The third-order valence-electron chi connectivity index (χ3n) is 8.10. The quantitative estimate of drug-likeness (QED) is 0.323. The van der Waals surface area contributed by atoms with E-state index in [0.29, 0.717) is 5.92 Å². The number of hydrogen-bond donors (Lipinski definition) is 0. The van der Waals surface area contributed by atoms with Crippen molar-refractivity contribution in [1.29, 1.82) is 0 Å². The Hall–Kier alpha value is -1.64. The monoisotopic (exact) mass is 482 g/mol. The second kappa shape index (κ2) is 12.4. The van der Waals surface area contributed by atoms with E-state index in [1.54, 1.807) is 7.11 Å². The van der Waals surface area contributed by atoms with Crippen molar-refractivity contribution in [2.75, 3.05) is 13.7 Å². The van der Waals surface area contributed by atoms with Gasteiger partial charge in [-0.25, -0.2) is 4.39 Å². The van der Waals surface area contributed by atoms with Crippen LogP contribution in [-0.2, 0) is 4.74 Å². The molecule has 0 saturated heterocycles. The first-order chi connectivity index (χ1) is 16.6. The van der Waals surface area contributed by atoms with E-state index in [4.69, 9.17) is 16.3 Å². The van der Waals surface area contributed by atoms with E-state index in [2.05, 4.69) is 37.3 Å². The third kappa shape index (κ3) is 6.13. The fraction of sp³-hybridized carbons (Fsp3) is 0.548. The second-order valence-electron chi connectivity index (χ2n) is 10.4. The Balaban J connectivity index is 1.42. The van der Waals surface area contributed by atoms with Crippen LogP contribution in [0.15, 0.2) is 42.5 Å². The average molecular weight is 483 g/mol. The van der Waals surface area contributed by atoms with Crippen molar-refractivity contribution < 1.29 is 9.13 Å². The summed E-state index contributed by atoms with van der Waals surface area (Å²) in [6.45, 7) is 3.08. The highest BCUT2D eigenvalue weighted by Crippen LogP contribution is 2.41. The molecule has 0 aromatic heterocycles. The van der Waals surface area contributed by atoms with Gasteiger partial charge >= 0.3 is 0 Å². The van der Waals surface area contributed by atoms with Gasteiger partial charge in [-0.15, -0.1) is 0 Å². The summed E-state index contributed by atoms with van der Waals surface area (Å²) in [6, 6.07) is 12.5. The molecule has 1 nitrogen and oxygen atoms in total. The summed E-state index contributed by atoms with van der Waals surface area (Å²) in [5.74, 6) is 1.47. The van der Waals surface area contributed by atoms with E-state index in [1.807, 2.05) is 12.1 Å². The molecular weight excluding hydrogens is 443 g/mol. The standard InChI is InChI=1S/C31H40ClFO/c1-3-4-5-6-22-7-11-24(12-8-22)25-15-17-26(18-16-25)28-19-20-29(31(33)30(28)32)27-13-9-23(10-14-27)21-34-2/h11,15-20,22-23,27H,3-10,12-14,21H2,1-2H3. The van der Waals surface area contributed by atoms with Gasteiger partial charge in [0.25, 0.3) is 0 Å². The van der Waals surface area contributed by atoms with E-state index < -0.39 is 0 Å². The Bertz CT molecular complexity index is 956. The molecule has 4 rings (SSSR count). The van der Waals surface area contributed by atoms with Gasteiger partial charge in [-0.1, -0.05) is 86.7 Å². The Morgan fingerprint density at radius 3 is 2.29 bits per heavy atom. The molecular formula is C31H40ClFO. The maximum atomic E-state index is 15.3.